The van der Waals surface area contributed by atoms with Gasteiger partial charge in [0.1, 0.15) is 0 Å². The molecule has 3 heterocycles. The normalized spacial score (nSPS) is 13.5. The summed E-state index contributed by atoms with van der Waals surface area (Å²) in [5, 5.41) is 4.57. The van der Waals surface area contributed by atoms with Crippen LogP contribution < -0.4 is 0 Å². The second kappa shape index (κ2) is 12.3. The Morgan fingerprint density at radius 1 is 0.444 bits per heavy atom. The van der Waals surface area contributed by atoms with E-state index in [4.69, 9.17) is 24.5 Å². The summed E-state index contributed by atoms with van der Waals surface area (Å²) in [7, 11) is 0. The van der Waals surface area contributed by atoms with E-state index in [0.29, 0.717) is 28.7 Å². The zero-order chi connectivity index (χ0) is 41.7. The van der Waals surface area contributed by atoms with Crippen molar-refractivity contribution in [3.63, 3.8) is 0 Å². The molecule has 8 aromatic carbocycles. The van der Waals surface area contributed by atoms with Gasteiger partial charge in [-0.15, -0.1) is 11.3 Å². The molecular formula is C49H30N4S. The molecule has 252 valence electrons. The minimum Gasteiger partial charge on any atom is -0.309 e. The molecule has 4 nitrogen and oxygen atoms in total. The fraction of sp³-hybridized carbons (Fsp3) is 0. The van der Waals surface area contributed by atoms with Gasteiger partial charge in [0.25, 0.3) is 0 Å². The summed E-state index contributed by atoms with van der Waals surface area (Å²) in [5.41, 5.74) is 4.88. The summed E-state index contributed by atoms with van der Waals surface area (Å²) < 4.78 is 65.9. The van der Waals surface area contributed by atoms with Crippen molar-refractivity contribution < 1.29 is 9.60 Å². The molecule has 0 aliphatic carbocycles. The summed E-state index contributed by atoms with van der Waals surface area (Å²) in [6.07, 6.45) is 0. The van der Waals surface area contributed by atoms with E-state index >= 15 is 0 Å². The number of rotatable bonds is 5. The van der Waals surface area contributed by atoms with Crippen molar-refractivity contribution in [1.29, 1.82) is 0 Å². The fourth-order valence-corrected chi connectivity index (χ4v) is 8.77. The molecule has 11 aromatic rings. The molecule has 0 saturated carbocycles. The van der Waals surface area contributed by atoms with Gasteiger partial charge in [-0.2, -0.15) is 0 Å². The van der Waals surface area contributed by atoms with Crippen molar-refractivity contribution in [2.45, 2.75) is 0 Å². The van der Waals surface area contributed by atoms with Crippen LogP contribution >= 0.6 is 11.3 Å². The van der Waals surface area contributed by atoms with Crippen molar-refractivity contribution in [2.75, 3.05) is 0 Å². The van der Waals surface area contributed by atoms with E-state index in [-0.39, 0.29) is 52.0 Å². The van der Waals surface area contributed by atoms with Crippen molar-refractivity contribution >= 4 is 64.1 Å². The maximum absolute atomic E-state index is 9.14. The minimum atomic E-state index is -0.459. The smallest absolute Gasteiger partial charge is 0.166 e. The van der Waals surface area contributed by atoms with E-state index in [0.717, 1.165) is 33.0 Å². The van der Waals surface area contributed by atoms with Crippen LogP contribution in [0.2, 0.25) is 0 Å². The molecule has 0 spiro atoms. The Morgan fingerprint density at radius 3 is 2.02 bits per heavy atom. The van der Waals surface area contributed by atoms with Crippen molar-refractivity contribution in [1.82, 2.24) is 19.5 Å². The van der Waals surface area contributed by atoms with Crippen LogP contribution in [0.3, 0.4) is 0 Å². The van der Waals surface area contributed by atoms with Gasteiger partial charge in [-0.3, -0.25) is 0 Å². The van der Waals surface area contributed by atoms with Gasteiger partial charge in [-0.05, 0) is 58.2 Å². The van der Waals surface area contributed by atoms with E-state index in [1.54, 1.807) is 28.0 Å². The van der Waals surface area contributed by atoms with E-state index in [9.17, 15) is 0 Å². The average Bonchev–Trinajstić information content (AvgIpc) is 3.87. The predicted molar refractivity (Wildman–Crippen MR) is 226 cm³/mol. The zero-order valence-electron chi connectivity index (χ0n) is 35.5. The van der Waals surface area contributed by atoms with Crippen LogP contribution in [0.5, 0.6) is 0 Å². The van der Waals surface area contributed by atoms with Gasteiger partial charge < -0.3 is 4.57 Å². The second-order valence-corrected chi connectivity index (χ2v) is 14.1. The molecule has 0 fully saturated rings. The highest BCUT2D eigenvalue weighted by molar-refractivity contribution is 7.26. The first kappa shape index (κ1) is 24.3. The molecule has 5 heteroatoms. The summed E-state index contributed by atoms with van der Waals surface area (Å²) in [6, 6.07) is 43.5. The SMILES string of the molecule is [2H]c1cc([2H])c2c(c1[2H])c1c([2H])c([2H])c([2H])c([2H])c1n2-c1ccccc1-c1nc(-c2cccc(-c3cccc4c3sc3ccccc34)c2)nc(-c2cccc3ccccc23)n1. The first-order valence-corrected chi connectivity index (χ1v) is 18.4. The second-order valence-electron chi connectivity index (χ2n) is 13.1. The molecule has 0 bridgehead atoms. The van der Waals surface area contributed by atoms with Crippen LogP contribution in [0.4, 0.5) is 0 Å². The van der Waals surface area contributed by atoms with Crippen LogP contribution in [0.1, 0.15) is 9.60 Å². The number of thiophene rings is 1. The number of benzene rings is 8. The lowest BCUT2D eigenvalue weighted by molar-refractivity contribution is 1.07. The van der Waals surface area contributed by atoms with Crippen molar-refractivity contribution in [2.24, 2.45) is 0 Å². The molecule has 11 rings (SSSR count). The quantitative estimate of drug-likeness (QED) is 0.178. The van der Waals surface area contributed by atoms with Gasteiger partial charge >= 0.3 is 0 Å². The van der Waals surface area contributed by atoms with E-state index in [1.165, 1.54) is 26.2 Å². The summed E-state index contributed by atoms with van der Waals surface area (Å²) in [5.74, 6) is 1.15. The van der Waals surface area contributed by atoms with Gasteiger partial charge in [0.05, 0.1) is 26.3 Å². The highest BCUT2D eigenvalue weighted by atomic mass is 32.1. The Bertz CT molecular complexity index is 3650. The largest absolute Gasteiger partial charge is 0.309 e. The molecule has 0 saturated heterocycles. The fourth-order valence-electron chi connectivity index (χ4n) is 7.53. The molecule has 54 heavy (non-hydrogen) atoms. The zero-order valence-corrected chi connectivity index (χ0v) is 29.3. The lowest BCUT2D eigenvalue weighted by atomic mass is 10.0. The number of hydrogen-bond donors (Lipinski definition) is 0. The standard InChI is InChI=1S/C49H30N4S/c1-2-18-34-31(14-1)15-12-25-40(34)48-50-47(33-17-11-16-32(30-33)35-23-13-24-39-38-21-6-10-29-45(38)54-46(35)39)51-49(52-48)41-22-5-9-28-44(41)53-42-26-7-3-19-36(42)37-20-4-8-27-43(37)53/h1-30H/i3D,4D,7D,19D,20D,26D,27D. The Hall–Kier alpha value is -6.95. The third-order valence-electron chi connectivity index (χ3n) is 9.97. The number of nitrogens with zero attached hydrogens (tertiary/aromatic N) is 4. The number of aromatic nitrogens is 4. The van der Waals surface area contributed by atoms with Gasteiger partial charge in [0, 0.05) is 47.6 Å². The molecule has 0 N–H and O–H groups in total. The van der Waals surface area contributed by atoms with Crippen LogP contribution in [-0.2, 0) is 0 Å². The molecule has 0 unspecified atom stereocenters. The maximum Gasteiger partial charge on any atom is 0.166 e. The van der Waals surface area contributed by atoms with Crippen molar-refractivity contribution in [3.05, 3.63) is 182 Å². The van der Waals surface area contributed by atoms with Gasteiger partial charge in [0.15, 0.2) is 17.5 Å². The predicted octanol–water partition coefficient (Wildman–Crippen LogP) is 13.2. The van der Waals surface area contributed by atoms with E-state index < -0.39 is 12.1 Å². The maximum atomic E-state index is 9.14. The van der Waals surface area contributed by atoms with E-state index in [2.05, 4.69) is 54.6 Å². The first-order valence-electron chi connectivity index (χ1n) is 21.0. The molecule has 0 radical (unpaired) electrons. The molecule has 3 aromatic heterocycles. The first-order chi connectivity index (χ1) is 29.7. The van der Waals surface area contributed by atoms with Gasteiger partial charge in [-0.1, -0.05) is 145 Å². The average molecular weight is 714 g/mol. The van der Waals surface area contributed by atoms with Crippen LogP contribution in [0.15, 0.2) is 182 Å². The summed E-state index contributed by atoms with van der Waals surface area (Å²) >= 11 is 1.77. The number of fused-ring (bicyclic) bond motifs is 7. The Labute approximate surface area is 325 Å². The third-order valence-corrected chi connectivity index (χ3v) is 11.2. The molecule has 0 aliphatic heterocycles. The number of para-hydroxylation sites is 3. The minimum absolute atomic E-state index is 0.0710. The Morgan fingerprint density at radius 2 is 1.07 bits per heavy atom. The molecule has 0 aliphatic rings. The lowest BCUT2D eigenvalue weighted by Crippen LogP contribution is -2.03. The van der Waals surface area contributed by atoms with Crippen molar-refractivity contribution in [3.8, 4) is 51.0 Å². The highest BCUT2D eigenvalue weighted by Crippen LogP contribution is 2.41. The van der Waals surface area contributed by atoms with Crippen LogP contribution in [-0.4, -0.2) is 19.5 Å². The summed E-state index contributed by atoms with van der Waals surface area (Å²) in [6.45, 7) is 0. The van der Waals surface area contributed by atoms with Crippen LogP contribution in [0.25, 0.3) is 104 Å². The van der Waals surface area contributed by atoms with Crippen LogP contribution in [0, 0.1) is 0 Å². The van der Waals surface area contributed by atoms with E-state index in [1.807, 2.05) is 66.7 Å². The van der Waals surface area contributed by atoms with Gasteiger partial charge in [-0.25, -0.2) is 15.0 Å². The molecular weight excluding hydrogens is 677 g/mol. The third kappa shape index (κ3) is 4.86. The summed E-state index contributed by atoms with van der Waals surface area (Å²) in [4.78, 5) is 15.5. The molecule has 0 amide bonds. The lowest BCUT2D eigenvalue weighted by Gasteiger charge is -2.15. The Kier molecular flexibility index (Phi) is 5.55. The molecule has 0 atom stereocenters. The topological polar surface area (TPSA) is 43.6 Å². The van der Waals surface area contributed by atoms with Gasteiger partial charge in [0.2, 0.25) is 0 Å². The Balaban J connectivity index is 1.19. The number of hydrogen-bond acceptors (Lipinski definition) is 4. The monoisotopic (exact) mass is 713 g/mol. The highest BCUT2D eigenvalue weighted by Gasteiger charge is 2.20.